The van der Waals surface area contributed by atoms with Gasteiger partial charge in [-0.3, -0.25) is 4.79 Å². The smallest absolute Gasteiger partial charge is 0.237 e. The third-order valence-corrected chi connectivity index (χ3v) is 2.76. The van der Waals surface area contributed by atoms with E-state index in [0.717, 1.165) is 39.0 Å². The summed E-state index contributed by atoms with van der Waals surface area (Å²) >= 11 is 0. The van der Waals surface area contributed by atoms with Crippen molar-refractivity contribution in [3.63, 3.8) is 0 Å². The SMILES string of the molecule is CC(C)CCOCCNC1CCCNC1=O. The van der Waals surface area contributed by atoms with Crippen LogP contribution >= 0.6 is 0 Å². The third kappa shape index (κ3) is 5.47. The molecule has 94 valence electrons. The molecule has 0 aliphatic carbocycles. The molecule has 4 nitrogen and oxygen atoms in total. The Hall–Kier alpha value is -0.610. The van der Waals surface area contributed by atoms with Crippen LogP contribution in [0.15, 0.2) is 0 Å². The van der Waals surface area contributed by atoms with Crippen LogP contribution in [0, 0.1) is 5.92 Å². The van der Waals surface area contributed by atoms with E-state index in [0.29, 0.717) is 12.5 Å². The lowest BCUT2D eigenvalue weighted by atomic mass is 10.1. The van der Waals surface area contributed by atoms with Gasteiger partial charge in [-0.25, -0.2) is 0 Å². The fourth-order valence-corrected chi connectivity index (χ4v) is 1.69. The van der Waals surface area contributed by atoms with E-state index in [1.807, 2.05) is 0 Å². The molecule has 1 unspecified atom stereocenters. The number of rotatable bonds is 7. The van der Waals surface area contributed by atoms with Gasteiger partial charge in [-0.05, 0) is 25.2 Å². The first-order valence-electron chi connectivity index (χ1n) is 6.29. The van der Waals surface area contributed by atoms with Gasteiger partial charge in [0, 0.05) is 19.7 Å². The lowest BCUT2D eigenvalue weighted by molar-refractivity contribution is -0.124. The molecule has 1 aliphatic heterocycles. The Morgan fingerprint density at radius 2 is 2.31 bits per heavy atom. The van der Waals surface area contributed by atoms with Gasteiger partial charge in [-0.1, -0.05) is 13.8 Å². The maximum Gasteiger partial charge on any atom is 0.237 e. The van der Waals surface area contributed by atoms with Gasteiger partial charge < -0.3 is 15.4 Å². The van der Waals surface area contributed by atoms with Crippen molar-refractivity contribution in [2.24, 2.45) is 5.92 Å². The molecule has 0 radical (unpaired) electrons. The van der Waals surface area contributed by atoms with E-state index in [4.69, 9.17) is 4.74 Å². The first kappa shape index (κ1) is 13.5. The number of amides is 1. The Morgan fingerprint density at radius 3 is 3.00 bits per heavy atom. The standard InChI is InChI=1S/C12H24N2O2/c1-10(2)5-8-16-9-7-13-11-4-3-6-14-12(11)15/h10-11,13H,3-9H2,1-2H3,(H,14,15). The van der Waals surface area contributed by atoms with Gasteiger partial charge >= 0.3 is 0 Å². The summed E-state index contributed by atoms with van der Waals surface area (Å²) in [5, 5.41) is 6.08. The lowest BCUT2D eigenvalue weighted by Gasteiger charge is -2.22. The largest absolute Gasteiger partial charge is 0.380 e. The molecular formula is C12H24N2O2. The van der Waals surface area contributed by atoms with Gasteiger partial charge in [0.15, 0.2) is 0 Å². The van der Waals surface area contributed by atoms with E-state index in [9.17, 15) is 4.79 Å². The predicted octanol–water partition coefficient (Wildman–Crippen LogP) is 0.917. The highest BCUT2D eigenvalue weighted by Gasteiger charge is 2.20. The normalized spacial score (nSPS) is 21.2. The Kier molecular flexibility index (Phi) is 6.42. The molecule has 1 atom stereocenters. The molecule has 0 saturated carbocycles. The molecule has 16 heavy (non-hydrogen) atoms. The Balaban J connectivity index is 1.96. The van der Waals surface area contributed by atoms with Crippen LogP contribution in [0.5, 0.6) is 0 Å². The van der Waals surface area contributed by atoms with Crippen molar-refractivity contribution in [2.45, 2.75) is 39.2 Å². The zero-order valence-corrected chi connectivity index (χ0v) is 10.4. The van der Waals surface area contributed by atoms with Crippen molar-refractivity contribution in [1.82, 2.24) is 10.6 Å². The van der Waals surface area contributed by atoms with E-state index in [1.54, 1.807) is 0 Å². The second-order valence-corrected chi connectivity index (χ2v) is 4.73. The summed E-state index contributed by atoms with van der Waals surface area (Å²) in [5.41, 5.74) is 0. The summed E-state index contributed by atoms with van der Waals surface area (Å²) in [5.74, 6) is 0.825. The topological polar surface area (TPSA) is 50.4 Å². The summed E-state index contributed by atoms with van der Waals surface area (Å²) in [6, 6.07) is -0.0116. The van der Waals surface area contributed by atoms with Gasteiger partial charge in [0.25, 0.3) is 0 Å². The number of hydrogen-bond donors (Lipinski definition) is 2. The van der Waals surface area contributed by atoms with Gasteiger partial charge in [-0.2, -0.15) is 0 Å². The average molecular weight is 228 g/mol. The van der Waals surface area contributed by atoms with E-state index < -0.39 is 0 Å². The maximum atomic E-state index is 11.4. The van der Waals surface area contributed by atoms with Crippen LogP contribution < -0.4 is 10.6 Å². The number of ether oxygens (including phenoxy) is 1. The molecular weight excluding hydrogens is 204 g/mol. The second kappa shape index (κ2) is 7.63. The average Bonchev–Trinajstić information content (AvgIpc) is 2.25. The predicted molar refractivity (Wildman–Crippen MR) is 64.3 cm³/mol. The third-order valence-electron chi connectivity index (χ3n) is 2.76. The van der Waals surface area contributed by atoms with Crippen molar-refractivity contribution in [3.05, 3.63) is 0 Å². The van der Waals surface area contributed by atoms with Crippen molar-refractivity contribution in [2.75, 3.05) is 26.3 Å². The quantitative estimate of drug-likeness (QED) is 0.637. The van der Waals surface area contributed by atoms with Gasteiger partial charge in [0.1, 0.15) is 0 Å². The number of carbonyl (C=O) groups excluding carboxylic acids is 1. The number of hydrogen-bond acceptors (Lipinski definition) is 3. The number of nitrogens with one attached hydrogen (secondary N) is 2. The summed E-state index contributed by atoms with van der Waals surface area (Å²) in [7, 11) is 0. The van der Waals surface area contributed by atoms with E-state index >= 15 is 0 Å². The highest BCUT2D eigenvalue weighted by molar-refractivity contribution is 5.82. The molecule has 1 heterocycles. The summed E-state index contributed by atoms with van der Waals surface area (Å²) in [6.07, 6.45) is 3.11. The monoisotopic (exact) mass is 228 g/mol. The number of piperidine rings is 1. The van der Waals surface area contributed by atoms with Crippen molar-refractivity contribution >= 4 is 5.91 Å². The van der Waals surface area contributed by atoms with Crippen LogP contribution in [0.25, 0.3) is 0 Å². The second-order valence-electron chi connectivity index (χ2n) is 4.73. The minimum absolute atomic E-state index is 0.0116. The molecule has 1 saturated heterocycles. The molecule has 1 aliphatic rings. The summed E-state index contributed by atoms with van der Waals surface area (Å²) in [4.78, 5) is 11.4. The highest BCUT2D eigenvalue weighted by Crippen LogP contribution is 2.02. The minimum Gasteiger partial charge on any atom is -0.380 e. The molecule has 0 aromatic carbocycles. The molecule has 4 heteroatoms. The summed E-state index contributed by atoms with van der Waals surface area (Å²) < 4.78 is 5.48. The first-order chi connectivity index (χ1) is 7.70. The molecule has 0 bridgehead atoms. The Morgan fingerprint density at radius 1 is 1.50 bits per heavy atom. The highest BCUT2D eigenvalue weighted by atomic mass is 16.5. The molecule has 0 aromatic rings. The van der Waals surface area contributed by atoms with Crippen LogP contribution in [0.3, 0.4) is 0 Å². The van der Waals surface area contributed by atoms with Gasteiger partial charge in [0.05, 0.1) is 12.6 Å². The fourth-order valence-electron chi connectivity index (χ4n) is 1.69. The van der Waals surface area contributed by atoms with Gasteiger partial charge in [0.2, 0.25) is 5.91 Å². The molecule has 0 spiro atoms. The van der Waals surface area contributed by atoms with Crippen LogP contribution in [0.2, 0.25) is 0 Å². The zero-order valence-electron chi connectivity index (χ0n) is 10.4. The molecule has 2 N–H and O–H groups in total. The lowest BCUT2D eigenvalue weighted by Crippen LogP contribution is -2.49. The Labute approximate surface area is 98.1 Å². The van der Waals surface area contributed by atoms with Crippen molar-refractivity contribution < 1.29 is 9.53 Å². The van der Waals surface area contributed by atoms with Crippen LogP contribution in [-0.2, 0) is 9.53 Å². The molecule has 0 aromatic heterocycles. The van der Waals surface area contributed by atoms with E-state index in [1.165, 1.54) is 0 Å². The van der Waals surface area contributed by atoms with Crippen LogP contribution in [0.1, 0.15) is 33.1 Å². The molecule has 1 fully saturated rings. The van der Waals surface area contributed by atoms with Crippen LogP contribution in [-0.4, -0.2) is 38.3 Å². The number of carbonyl (C=O) groups is 1. The molecule has 1 amide bonds. The van der Waals surface area contributed by atoms with Crippen molar-refractivity contribution in [1.29, 1.82) is 0 Å². The maximum absolute atomic E-state index is 11.4. The fraction of sp³-hybridized carbons (Fsp3) is 0.917. The Bertz CT molecular complexity index is 207. The van der Waals surface area contributed by atoms with E-state index in [2.05, 4.69) is 24.5 Å². The van der Waals surface area contributed by atoms with Crippen molar-refractivity contribution in [3.8, 4) is 0 Å². The minimum atomic E-state index is -0.0116. The first-order valence-corrected chi connectivity index (χ1v) is 6.29. The van der Waals surface area contributed by atoms with Crippen LogP contribution in [0.4, 0.5) is 0 Å². The zero-order chi connectivity index (χ0) is 11.8. The van der Waals surface area contributed by atoms with Gasteiger partial charge in [-0.15, -0.1) is 0 Å². The molecule has 1 rings (SSSR count). The summed E-state index contributed by atoms with van der Waals surface area (Å²) in [6.45, 7) is 7.47. The van der Waals surface area contributed by atoms with E-state index in [-0.39, 0.29) is 11.9 Å².